The van der Waals surface area contributed by atoms with Gasteiger partial charge in [-0.2, -0.15) is 0 Å². The second-order valence-electron chi connectivity index (χ2n) is 9.76. The molecule has 0 saturated heterocycles. The second kappa shape index (κ2) is 9.96. The predicted octanol–water partition coefficient (Wildman–Crippen LogP) is 3.79. The first-order valence-electron chi connectivity index (χ1n) is 10.3. The molecule has 0 aliphatic rings. The minimum absolute atomic E-state index is 0.278. The molecule has 1 aromatic rings. The molecule has 0 aliphatic carbocycles. The van der Waals surface area contributed by atoms with E-state index in [1.54, 1.807) is 27.7 Å². The lowest BCUT2D eigenvalue weighted by atomic mass is 9.99. The van der Waals surface area contributed by atoms with Crippen LogP contribution in [0.15, 0.2) is 30.3 Å². The van der Waals surface area contributed by atoms with Gasteiger partial charge in [0.25, 0.3) is 0 Å². The number of benzene rings is 1. The molecule has 0 saturated carbocycles. The van der Waals surface area contributed by atoms with Crippen molar-refractivity contribution in [1.82, 2.24) is 15.5 Å². The van der Waals surface area contributed by atoms with Crippen molar-refractivity contribution in [3.8, 4) is 0 Å². The highest BCUT2D eigenvalue weighted by molar-refractivity contribution is 5.92. The monoisotopic (exact) mass is 419 g/mol. The van der Waals surface area contributed by atoms with Gasteiger partial charge in [-0.05, 0) is 67.9 Å². The van der Waals surface area contributed by atoms with Crippen LogP contribution >= 0.6 is 0 Å². The van der Waals surface area contributed by atoms with Crippen molar-refractivity contribution in [3.63, 3.8) is 0 Å². The lowest BCUT2D eigenvalue weighted by molar-refractivity contribution is -0.144. The van der Waals surface area contributed by atoms with Gasteiger partial charge >= 0.3 is 6.09 Å². The number of hydrogen-bond acceptors (Lipinski definition) is 4. The highest BCUT2D eigenvalue weighted by Gasteiger charge is 2.37. The Hall–Kier alpha value is -2.57. The maximum atomic E-state index is 13.3. The van der Waals surface area contributed by atoms with Crippen molar-refractivity contribution < 1.29 is 19.1 Å². The average Bonchev–Trinajstić information content (AvgIpc) is 2.55. The minimum Gasteiger partial charge on any atom is -0.444 e. The quantitative estimate of drug-likeness (QED) is 0.734. The van der Waals surface area contributed by atoms with Gasteiger partial charge in [0.1, 0.15) is 17.7 Å². The van der Waals surface area contributed by atoms with Crippen LogP contribution < -0.4 is 10.6 Å². The van der Waals surface area contributed by atoms with Crippen LogP contribution in [0.25, 0.3) is 0 Å². The summed E-state index contributed by atoms with van der Waals surface area (Å²) in [4.78, 5) is 40.2. The molecule has 0 radical (unpaired) electrons. The fourth-order valence-electron chi connectivity index (χ4n) is 2.96. The van der Waals surface area contributed by atoms with Crippen molar-refractivity contribution in [2.45, 2.75) is 91.6 Å². The summed E-state index contributed by atoms with van der Waals surface area (Å²) in [7, 11) is 0. The van der Waals surface area contributed by atoms with Crippen LogP contribution in [-0.4, -0.2) is 46.0 Å². The highest BCUT2D eigenvalue weighted by Crippen LogP contribution is 2.25. The van der Waals surface area contributed by atoms with Crippen LogP contribution in [0.4, 0.5) is 4.79 Å². The van der Waals surface area contributed by atoms with E-state index in [0.29, 0.717) is 5.56 Å². The molecule has 0 bridgehead atoms. The van der Waals surface area contributed by atoms with Crippen LogP contribution in [0.2, 0.25) is 0 Å². The van der Waals surface area contributed by atoms with Crippen molar-refractivity contribution in [2.24, 2.45) is 0 Å². The summed E-state index contributed by atoms with van der Waals surface area (Å²) >= 11 is 0. The summed E-state index contributed by atoms with van der Waals surface area (Å²) in [6.07, 6.45) is -0.678. The molecule has 30 heavy (non-hydrogen) atoms. The van der Waals surface area contributed by atoms with Gasteiger partial charge in [-0.1, -0.05) is 30.3 Å². The SMILES string of the molecule is CC(NC(=O)OC(C)(C)C)C(=O)N(C(C)C)C(C(=O)NC(C)(C)C)c1ccccc1. The average molecular weight is 420 g/mol. The summed E-state index contributed by atoms with van der Waals surface area (Å²) in [6, 6.07) is 7.18. The fraction of sp³-hybridized carbons (Fsp3) is 0.609. The number of nitrogens with zero attached hydrogens (tertiary/aromatic N) is 1. The molecule has 168 valence electrons. The Morgan fingerprint density at radius 1 is 0.933 bits per heavy atom. The molecule has 0 aliphatic heterocycles. The van der Waals surface area contributed by atoms with E-state index in [1.165, 1.54) is 4.90 Å². The van der Waals surface area contributed by atoms with E-state index in [-0.39, 0.29) is 17.9 Å². The first-order chi connectivity index (χ1) is 13.6. The molecule has 7 nitrogen and oxygen atoms in total. The van der Waals surface area contributed by atoms with Crippen LogP contribution in [0, 0.1) is 0 Å². The highest BCUT2D eigenvalue weighted by atomic mass is 16.6. The van der Waals surface area contributed by atoms with Gasteiger partial charge in [-0.15, -0.1) is 0 Å². The van der Waals surface area contributed by atoms with E-state index in [9.17, 15) is 14.4 Å². The molecule has 0 heterocycles. The summed E-state index contributed by atoms with van der Waals surface area (Å²) in [6.45, 7) is 16.2. The van der Waals surface area contributed by atoms with E-state index < -0.39 is 29.3 Å². The molecular weight excluding hydrogens is 382 g/mol. The summed E-state index contributed by atoms with van der Waals surface area (Å²) in [5, 5.41) is 5.55. The predicted molar refractivity (Wildman–Crippen MR) is 118 cm³/mol. The van der Waals surface area contributed by atoms with Gasteiger partial charge < -0.3 is 20.3 Å². The maximum absolute atomic E-state index is 13.3. The van der Waals surface area contributed by atoms with E-state index >= 15 is 0 Å². The number of hydrogen-bond donors (Lipinski definition) is 2. The Balaban J connectivity index is 3.23. The topological polar surface area (TPSA) is 87.7 Å². The van der Waals surface area contributed by atoms with E-state index in [1.807, 2.05) is 65.0 Å². The Kier molecular flexibility index (Phi) is 8.45. The molecule has 2 N–H and O–H groups in total. The number of ether oxygens (including phenoxy) is 1. The third-order valence-corrected chi connectivity index (χ3v) is 4.05. The minimum atomic E-state index is -0.865. The zero-order chi connectivity index (χ0) is 23.3. The van der Waals surface area contributed by atoms with Gasteiger partial charge in [0.2, 0.25) is 11.8 Å². The smallest absolute Gasteiger partial charge is 0.408 e. The summed E-state index contributed by atoms with van der Waals surface area (Å²) in [5.74, 6) is -0.644. The van der Waals surface area contributed by atoms with Gasteiger partial charge in [-0.3, -0.25) is 9.59 Å². The number of carbonyl (C=O) groups is 3. The zero-order valence-electron chi connectivity index (χ0n) is 19.7. The van der Waals surface area contributed by atoms with Crippen molar-refractivity contribution >= 4 is 17.9 Å². The van der Waals surface area contributed by atoms with Crippen LogP contribution in [0.5, 0.6) is 0 Å². The van der Waals surface area contributed by atoms with Crippen LogP contribution in [0.3, 0.4) is 0 Å². The molecule has 1 aromatic carbocycles. The third kappa shape index (κ3) is 8.05. The summed E-state index contributed by atoms with van der Waals surface area (Å²) in [5.41, 5.74) is -0.439. The molecule has 7 heteroatoms. The van der Waals surface area contributed by atoms with Crippen LogP contribution in [-0.2, 0) is 14.3 Å². The molecular formula is C23H37N3O4. The first-order valence-corrected chi connectivity index (χ1v) is 10.3. The zero-order valence-corrected chi connectivity index (χ0v) is 19.7. The molecule has 2 atom stereocenters. The maximum Gasteiger partial charge on any atom is 0.408 e. The Morgan fingerprint density at radius 3 is 1.90 bits per heavy atom. The number of amides is 3. The van der Waals surface area contributed by atoms with E-state index in [0.717, 1.165) is 0 Å². The lowest BCUT2D eigenvalue weighted by Gasteiger charge is -2.37. The van der Waals surface area contributed by atoms with E-state index in [2.05, 4.69) is 10.6 Å². The molecule has 0 fully saturated rings. The normalized spacial score (nSPS) is 13.9. The van der Waals surface area contributed by atoms with Crippen molar-refractivity contribution in [2.75, 3.05) is 0 Å². The lowest BCUT2D eigenvalue weighted by Crippen LogP contribution is -2.55. The van der Waals surface area contributed by atoms with Crippen LogP contribution in [0.1, 0.15) is 73.9 Å². The third-order valence-electron chi connectivity index (χ3n) is 4.05. The number of carbonyl (C=O) groups excluding carboxylic acids is 3. The van der Waals surface area contributed by atoms with Crippen molar-refractivity contribution in [3.05, 3.63) is 35.9 Å². The van der Waals surface area contributed by atoms with Gasteiger partial charge in [0, 0.05) is 11.6 Å². The van der Waals surface area contributed by atoms with Crippen molar-refractivity contribution in [1.29, 1.82) is 0 Å². The Labute approximate surface area is 180 Å². The first kappa shape index (κ1) is 25.5. The standard InChI is InChI=1S/C23H37N3O4/c1-15(2)26(20(28)16(3)24-21(29)30-23(7,8)9)18(17-13-11-10-12-14-17)19(27)25-22(4,5)6/h10-16,18H,1-9H3,(H,24,29)(H,25,27). The Bertz CT molecular complexity index is 733. The van der Waals surface area contributed by atoms with E-state index in [4.69, 9.17) is 4.74 Å². The molecule has 0 spiro atoms. The number of rotatable bonds is 6. The number of alkyl carbamates (subject to hydrolysis) is 1. The molecule has 3 amide bonds. The molecule has 2 unspecified atom stereocenters. The second-order valence-corrected chi connectivity index (χ2v) is 9.76. The molecule has 0 aromatic heterocycles. The summed E-state index contributed by atoms with van der Waals surface area (Å²) < 4.78 is 5.26. The number of nitrogens with one attached hydrogen (secondary N) is 2. The van der Waals surface area contributed by atoms with Gasteiger partial charge in [-0.25, -0.2) is 4.79 Å². The van der Waals surface area contributed by atoms with Gasteiger partial charge in [0.05, 0.1) is 0 Å². The largest absolute Gasteiger partial charge is 0.444 e. The fourth-order valence-corrected chi connectivity index (χ4v) is 2.96. The molecule has 1 rings (SSSR count). The Morgan fingerprint density at radius 2 is 1.47 bits per heavy atom. The van der Waals surface area contributed by atoms with Gasteiger partial charge in [0.15, 0.2) is 0 Å².